The van der Waals surface area contributed by atoms with E-state index in [1.54, 1.807) is 0 Å². The molecule has 0 spiro atoms. The van der Waals surface area contributed by atoms with E-state index in [0.717, 1.165) is 31.4 Å². The normalized spacial score (nSPS) is 33.4. The Bertz CT molecular complexity index is 756. The summed E-state index contributed by atoms with van der Waals surface area (Å²) in [5, 5.41) is 0. The number of para-hydroxylation sites is 1. The minimum absolute atomic E-state index is 0.0400. The molecule has 144 valence electrons. The molecule has 0 aromatic heterocycles. The van der Waals surface area contributed by atoms with Gasteiger partial charge in [0, 0.05) is 6.54 Å². The van der Waals surface area contributed by atoms with E-state index in [1.165, 1.54) is 31.4 Å². The predicted molar refractivity (Wildman–Crippen MR) is 88.9 cm³/mol. The van der Waals surface area contributed by atoms with Crippen LogP contribution in [0.5, 0.6) is 5.75 Å². The third kappa shape index (κ3) is 3.58. The second-order valence-electron chi connectivity index (χ2n) is 8.24. The Labute approximate surface area is 151 Å². The molecule has 0 radical (unpaired) electrons. The molecule has 5 rings (SSSR count). The first kappa shape index (κ1) is 18.1. The molecule has 4 aliphatic rings. The van der Waals surface area contributed by atoms with E-state index >= 15 is 0 Å². The molecule has 0 saturated heterocycles. The second kappa shape index (κ2) is 6.12. The highest BCUT2D eigenvalue weighted by Crippen LogP contribution is 2.59. The number of hydrogen-bond acceptors (Lipinski definition) is 3. The van der Waals surface area contributed by atoms with Crippen LogP contribution in [0.25, 0.3) is 0 Å². The number of hydrogen-bond donors (Lipinski definition) is 1. The van der Waals surface area contributed by atoms with E-state index in [2.05, 4.69) is 9.46 Å². The number of benzene rings is 1. The summed E-state index contributed by atoms with van der Waals surface area (Å²) >= 11 is 0. The van der Waals surface area contributed by atoms with Crippen LogP contribution in [0.4, 0.5) is 13.2 Å². The van der Waals surface area contributed by atoms with Gasteiger partial charge in [-0.3, -0.25) is 0 Å². The molecule has 4 saturated carbocycles. The fraction of sp³-hybridized carbons (Fsp3) is 0.667. The van der Waals surface area contributed by atoms with Gasteiger partial charge in [-0.2, -0.15) is 0 Å². The number of alkyl halides is 3. The van der Waals surface area contributed by atoms with E-state index < -0.39 is 27.0 Å². The second-order valence-corrected chi connectivity index (χ2v) is 9.97. The summed E-state index contributed by atoms with van der Waals surface area (Å²) in [6, 6.07) is 4.87. The average Bonchev–Trinajstić information content (AvgIpc) is 2.51. The summed E-state index contributed by atoms with van der Waals surface area (Å²) in [7, 11) is -4.08. The van der Waals surface area contributed by atoms with Gasteiger partial charge in [-0.25, -0.2) is 13.1 Å². The maximum atomic E-state index is 12.7. The zero-order chi connectivity index (χ0) is 18.6. The Hall–Kier alpha value is -1.28. The van der Waals surface area contributed by atoms with Crippen LogP contribution in [0.2, 0.25) is 0 Å². The average molecular weight is 389 g/mol. The molecule has 1 N–H and O–H groups in total. The van der Waals surface area contributed by atoms with Crippen LogP contribution < -0.4 is 9.46 Å². The third-order valence-electron chi connectivity index (χ3n) is 6.17. The molecule has 0 heterocycles. The topological polar surface area (TPSA) is 55.4 Å². The molecule has 26 heavy (non-hydrogen) atoms. The van der Waals surface area contributed by atoms with E-state index in [9.17, 15) is 21.6 Å². The zero-order valence-electron chi connectivity index (χ0n) is 14.3. The molecular weight excluding hydrogens is 367 g/mol. The van der Waals surface area contributed by atoms with Crippen LogP contribution in [0.1, 0.15) is 38.5 Å². The zero-order valence-corrected chi connectivity index (χ0v) is 15.1. The van der Waals surface area contributed by atoms with Crippen LogP contribution in [0, 0.1) is 23.2 Å². The lowest BCUT2D eigenvalue weighted by Crippen LogP contribution is -2.51. The Morgan fingerprint density at radius 2 is 1.58 bits per heavy atom. The van der Waals surface area contributed by atoms with E-state index in [0.29, 0.717) is 24.3 Å². The fourth-order valence-electron chi connectivity index (χ4n) is 5.71. The molecule has 0 aliphatic heterocycles. The minimum Gasteiger partial charge on any atom is -0.404 e. The first-order valence-electron chi connectivity index (χ1n) is 8.99. The lowest BCUT2D eigenvalue weighted by atomic mass is 9.50. The van der Waals surface area contributed by atoms with Gasteiger partial charge >= 0.3 is 6.36 Å². The Balaban J connectivity index is 1.52. The third-order valence-corrected chi connectivity index (χ3v) is 7.61. The standard InChI is InChI=1S/C18H22F3NO3S/c19-18(20,21)25-15-3-1-2-4-16(15)26(23,24)22-11-17-8-12-5-13(9-17)7-14(6-12)10-17/h1-4,12-14,22H,5-11H2. The summed E-state index contributed by atoms with van der Waals surface area (Å²) in [6.07, 6.45) is 1.84. The molecule has 4 aliphatic carbocycles. The molecular formula is C18H22F3NO3S. The maximum absolute atomic E-state index is 12.7. The molecule has 8 heteroatoms. The predicted octanol–water partition coefficient (Wildman–Crippen LogP) is 4.08. The van der Waals surface area contributed by atoms with Crippen molar-refractivity contribution in [1.82, 2.24) is 4.72 Å². The highest BCUT2D eigenvalue weighted by molar-refractivity contribution is 7.89. The number of nitrogens with one attached hydrogen (secondary N) is 1. The summed E-state index contributed by atoms with van der Waals surface area (Å²) in [6.45, 7) is 0.291. The van der Waals surface area contributed by atoms with Crippen molar-refractivity contribution in [3.8, 4) is 5.75 Å². The highest BCUT2D eigenvalue weighted by atomic mass is 32.2. The Morgan fingerprint density at radius 3 is 2.12 bits per heavy atom. The van der Waals surface area contributed by atoms with Gasteiger partial charge in [-0.1, -0.05) is 12.1 Å². The smallest absolute Gasteiger partial charge is 0.404 e. The fourth-order valence-corrected chi connectivity index (χ4v) is 7.00. The van der Waals surface area contributed by atoms with Crippen molar-refractivity contribution in [2.75, 3.05) is 6.54 Å². The highest BCUT2D eigenvalue weighted by Gasteiger charge is 2.51. The summed E-state index contributed by atoms with van der Waals surface area (Å²) in [5.41, 5.74) is -0.0400. The van der Waals surface area contributed by atoms with Crippen molar-refractivity contribution in [2.45, 2.75) is 49.8 Å². The first-order chi connectivity index (χ1) is 12.1. The van der Waals surface area contributed by atoms with Crippen LogP contribution in [-0.2, 0) is 10.0 Å². The van der Waals surface area contributed by atoms with Gasteiger partial charge in [0.25, 0.3) is 0 Å². The quantitative estimate of drug-likeness (QED) is 0.826. The van der Waals surface area contributed by atoms with Gasteiger partial charge in [0.05, 0.1) is 0 Å². The number of halogens is 3. The van der Waals surface area contributed by atoms with E-state index in [4.69, 9.17) is 0 Å². The molecule has 4 nitrogen and oxygen atoms in total. The van der Waals surface area contributed by atoms with E-state index in [-0.39, 0.29) is 5.41 Å². The number of rotatable bonds is 5. The van der Waals surface area contributed by atoms with Crippen molar-refractivity contribution < 1.29 is 26.3 Å². The molecule has 4 bridgehead atoms. The lowest BCUT2D eigenvalue weighted by molar-refractivity contribution is -0.275. The molecule has 1 aromatic carbocycles. The van der Waals surface area contributed by atoms with Crippen LogP contribution >= 0.6 is 0 Å². The number of ether oxygens (including phenoxy) is 1. The van der Waals surface area contributed by atoms with Crippen LogP contribution in [0.3, 0.4) is 0 Å². The number of sulfonamides is 1. The summed E-state index contributed by atoms with van der Waals surface area (Å²) in [4.78, 5) is -0.470. The Morgan fingerprint density at radius 1 is 1.04 bits per heavy atom. The molecule has 0 atom stereocenters. The van der Waals surface area contributed by atoms with Gasteiger partial charge in [0.1, 0.15) is 10.6 Å². The molecule has 4 fully saturated rings. The van der Waals surface area contributed by atoms with Gasteiger partial charge < -0.3 is 4.74 Å². The van der Waals surface area contributed by atoms with Gasteiger partial charge in [-0.15, -0.1) is 13.2 Å². The van der Waals surface area contributed by atoms with Crippen LogP contribution in [0.15, 0.2) is 29.2 Å². The van der Waals surface area contributed by atoms with Gasteiger partial charge in [-0.05, 0) is 73.8 Å². The van der Waals surface area contributed by atoms with E-state index in [1.807, 2.05) is 0 Å². The SMILES string of the molecule is O=S(=O)(NCC12CC3CC(CC(C3)C1)C2)c1ccccc1OC(F)(F)F. The maximum Gasteiger partial charge on any atom is 0.573 e. The largest absolute Gasteiger partial charge is 0.573 e. The summed E-state index contributed by atoms with van der Waals surface area (Å²) < 4.78 is 69.5. The van der Waals surface area contributed by atoms with Gasteiger partial charge in [0.2, 0.25) is 10.0 Å². The lowest BCUT2D eigenvalue weighted by Gasteiger charge is -2.56. The van der Waals surface area contributed by atoms with Gasteiger partial charge in [0.15, 0.2) is 0 Å². The van der Waals surface area contributed by atoms with Crippen molar-refractivity contribution in [3.05, 3.63) is 24.3 Å². The molecule has 0 amide bonds. The minimum atomic E-state index is -4.94. The first-order valence-corrected chi connectivity index (χ1v) is 10.5. The van der Waals surface area contributed by atoms with Crippen molar-refractivity contribution in [2.24, 2.45) is 23.2 Å². The summed E-state index contributed by atoms with van der Waals surface area (Å²) in [5.74, 6) is 1.32. The van der Waals surface area contributed by atoms with Crippen LogP contribution in [-0.4, -0.2) is 21.3 Å². The monoisotopic (exact) mass is 389 g/mol. The van der Waals surface area contributed by atoms with Crippen molar-refractivity contribution in [1.29, 1.82) is 0 Å². The van der Waals surface area contributed by atoms with Crippen molar-refractivity contribution >= 4 is 10.0 Å². The Kier molecular flexibility index (Phi) is 4.26. The molecule has 1 aromatic rings. The van der Waals surface area contributed by atoms with Crippen molar-refractivity contribution in [3.63, 3.8) is 0 Å². The molecule has 0 unspecified atom stereocenters.